The quantitative estimate of drug-likeness (QED) is 0.883. The minimum Gasteiger partial charge on any atom is -0.497 e. The Bertz CT molecular complexity index is 566. The molecule has 0 saturated heterocycles. The number of aryl methyl sites for hydroxylation is 1. The molecule has 0 saturated carbocycles. The van der Waals surface area contributed by atoms with Gasteiger partial charge in [0.25, 0.3) is 0 Å². The summed E-state index contributed by atoms with van der Waals surface area (Å²) in [5.41, 5.74) is 3.67. The summed E-state index contributed by atoms with van der Waals surface area (Å²) < 4.78 is 5.22. The van der Waals surface area contributed by atoms with Crippen LogP contribution in [0.5, 0.6) is 5.75 Å². The fourth-order valence-corrected chi connectivity index (χ4v) is 2.60. The van der Waals surface area contributed by atoms with Gasteiger partial charge in [-0.15, -0.1) is 0 Å². The van der Waals surface area contributed by atoms with E-state index in [-0.39, 0.29) is 6.04 Å². The SMILES string of the molecule is CCNC(c1ccc(OC)cc1)c1ccc(Cl)cc1C. The first-order valence-electron chi connectivity index (χ1n) is 6.79. The molecular weight excluding hydrogens is 270 g/mol. The average molecular weight is 290 g/mol. The first-order chi connectivity index (χ1) is 9.65. The maximum absolute atomic E-state index is 6.05. The zero-order valence-electron chi connectivity index (χ0n) is 12.1. The van der Waals surface area contributed by atoms with Gasteiger partial charge in [-0.05, 0) is 54.4 Å². The van der Waals surface area contributed by atoms with Crippen molar-refractivity contribution in [2.24, 2.45) is 0 Å². The first kappa shape index (κ1) is 14.9. The molecule has 0 aliphatic rings. The second kappa shape index (κ2) is 6.78. The molecule has 0 amide bonds. The third-order valence-corrected chi connectivity index (χ3v) is 3.64. The Morgan fingerprint density at radius 2 is 1.85 bits per heavy atom. The molecule has 1 atom stereocenters. The van der Waals surface area contributed by atoms with E-state index in [1.54, 1.807) is 7.11 Å². The van der Waals surface area contributed by atoms with Crippen LogP contribution in [0.2, 0.25) is 5.02 Å². The molecule has 3 heteroatoms. The minimum absolute atomic E-state index is 0.170. The molecule has 0 radical (unpaired) electrons. The molecule has 0 aromatic heterocycles. The van der Waals surface area contributed by atoms with Crippen LogP contribution < -0.4 is 10.1 Å². The van der Waals surface area contributed by atoms with E-state index < -0.39 is 0 Å². The van der Waals surface area contributed by atoms with Crippen LogP contribution in [0.25, 0.3) is 0 Å². The van der Waals surface area contributed by atoms with E-state index in [2.05, 4.69) is 37.4 Å². The van der Waals surface area contributed by atoms with Crippen LogP contribution in [0, 0.1) is 6.92 Å². The molecule has 0 heterocycles. The Kier molecular flexibility index (Phi) is 5.05. The van der Waals surface area contributed by atoms with Gasteiger partial charge in [0.1, 0.15) is 5.75 Å². The summed E-state index contributed by atoms with van der Waals surface area (Å²) in [5, 5.41) is 4.30. The van der Waals surface area contributed by atoms with E-state index in [1.807, 2.05) is 24.3 Å². The fraction of sp³-hybridized carbons (Fsp3) is 0.294. The van der Waals surface area contributed by atoms with Gasteiger partial charge in [0.15, 0.2) is 0 Å². The van der Waals surface area contributed by atoms with Crippen LogP contribution in [0.1, 0.15) is 29.7 Å². The number of hydrogen-bond acceptors (Lipinski definition) is 2. The third kappa shape index (κ3) is 3.33. The zero-order valence-corrected chi connectivity index (χ0v) is 12.9. The van der Waals surface area contributed by atoms with Crippen LogP contribution in [0.15, 0.2) is 42.5 Å². The van der Waals surface area contributed by atoms with Crippen molar-refractivity contribution in [3.8, 4) is 5.75 Å². The van der Waals surface area contributed by atoms with E-state index in [1.165, 1.54) is 16.7 Å². The van der Waals surface area contributed by atoms with Gasteiger partial charge >= 0.3 is 0 Å². The Morgan fingerprint density at radius 3 is 2.40 bits per heavy atom. The van der Waals surface area contributed by atoms with Crippen molar-refractivity contribution in [1.82, 2.24) is 5.32 Å². The third-order valence-electron chi connectivity index (χ3n) is 3.40. The normalized spacial score (nSPS) is 12.2. The number of hydrogen-bond donors (Lipinski definition) is 1. The maximum Gasteiger partial charge on any atom is 0.118 e. The highest BCUT2D eigenvalue weighted by atomic mass is 35.5. The smallest absolute Gasteiger partial charge is 0.118 e. The summed E-state index contributed by atoms with van der Waals surface area (Å²) in [6.45, 7) is 5.11. The monoisotopic (exact) mass is 289 g/mol. The molecule has 106 valence electrons. The average Bonchev–Trinajstić information content (AvgIpc) is 2.46. The molecule has 2 aromatic rings. The van der Waals surface area contributed by atoms with Crippen LogP contribution in [-0.2, 0) is 0 Å². The van der Waals surface area contributed by atoms with E-state index in [0.717, 1.165) is 17.3 Å². The van der Waals surface area contributed by atoms with Gasteiger partial charge in [0.2, 0.25) is 0 Å². The number of nitrogens with one attached hydrogen (secondary N) is 1. The van der Waals surface area contributed by atoms with Crippen molar-refractivity contribution >= 4 is 11.6 Å². The van der Waals surface area contributed by atoms with E-state index in [0.29, 0.717) is 0 Å². The number of rotatable bonds is 5. The molecular formula is C17H20ClNO. The van der Waals surface area contributed by atoms with Gasteiger partial charge in [-0.25, -0.2) is 0 Å². The van der Waals surface area contributed by atoms with E-state index in [9.17, 15) is 0 Å². The number of methoxy groups -OCH3 is 1. The lowest BCUT2D eigenvalue weighted by Crippen LogP contribution is -2.22. The second-order valence-electron chi connectivity index (χ2n) is 4.76. The molecule has 1 N–H and O–H groups in total. The molecule has 2 nitrogen and oxygen atoms in total. The zero-order chi connectivity index (χ0) is 14.5. The van der Waals surface area contributed by atoms with Crippen molar-refractivity contribution in [1.29, 1.82) is 0 Å². The van der Waals surface area contributed by atoms with Gasteiger partial charge < -0.3 is 10.1 Å². The molecule has 0 aliphatic carbocycles. The highest BCUT2D eigenvalue weighted by Crippen LogP contribution is 2.28. The largest absolute Gasteiger partial charge is 0.497 e. The lowest BCUT2D eigenvalue weighted by Gasteiger charge is -2.21. The second-order valence-corrected chi connectivity index (χ2v) is 5.20. The van der Waals surface area contributed by atoms with Gasteiger partial charge in [-0.1, -0.05) is 36.7 Å². The summed E-state index contributed by atoms with van der Waals surface area (Å²) in [6, 6.07) is 14.4. The maximum atomic E-state index is 6.05. The van der Waals surface area contributed by atoms with Crippen LogP contribution >= 0.6 is 11.6 Å². The Morgan fingerprint density at radius 1 is 1.15 bits per heavy atom. The van der Waals surface area contributed by atoms with Crippen molar-refractivity contribution in [3.63, 3.8) is 0 Å². The topological polar surface area (TPSA) is 21.3 Å². The molecule has 0 bridgehead atoms. The van der Waals surface area contributed by atoms with E-state index in [4.69, 9.17) is 16.3 Å². The molecule has 2 rings (SSSR count). The van der Waals surface area contributed by atoms with Crippen molar-refractivity contribution in [3.05, 3.63) is 64.2 Å². The summed E-state index contributed by atoms with van der Waals surface area (Å²) >= 11 is 6.05. The minimum atomic E-state index is 0.170. The summed E-state index contributed by atoms with van der Waals surface area (Å²) in [4.78, 5) is 0. The molecule has 2 aromatic carbocycles. The molecule has 0 aliphatic heterocycles. The Hall–Kier alpha value is -1.51. The summed E-state index contributed by atoms with van der Waals surface area (Å²) in [6.07, 6.45) is 0. The molecule has 1 unspecified atom stereocenters. The molecule has 0 fully saturated rings. The molecule has 0 spiro atoms. The van der Waals surface area contributed by atoms with Crippen LogP contribution in [0.4, 0.5) is 0 Å². The predicted molar refractivity (Wildman–Crippen MR) is 84.7 cm³/mol. The first-order valence-corrected chi connectivity index (χ1v) is 7.17. The van der Waals surface area contributed by atoms with Gasteiger partial charge in [-0.3, -0.25) is 0 Å². The fourth-order valence-electron chi connectivity index (χ4n) is 2.37. The standard InChI is InChI=1S/C17H20ClNO/c1-4-19-17(13-5-8-15(20-3)9-6-13)16-10-7-14(18)11-12(16)2/h5-11,17,19H,4H2,1-3H3. The number of benzene rings is 2. The van der Waals surface area contributed by atoms with Gasteiger partial charge in [0, 0.05) is 5.02 Å². The predicted octanol–water partition coefficient (Wildman–Crippen LogP) is 4.36. The lowest BCUT2D eigenvalue weighted by molar-refractivity contribution is 0.414. The number of halogens is 1. The van der Waals surface area contributed by atoms with Crippen LogP contribution in [-0.4, -0.2) is 13.7 Å². The lowest BCUT2D eigenvalue weighted by atomic mass is 9.95. The Labute approximate surface area is 125 Å². The summed E-state index contributed by atoms with van der Waals surface area (Å²) in [5.74, 6) is 0.872. The molecule has 20 heavy (non-hydrogen) atoms. The van der Waals surface area contributed by atoms with Crippen molar-refractivity contribution in [2.75, 3.05) is 13.7 Å². The van der Waals surface area contributed by atoms with E-state index >= 15 is 0 Å². The highest BCUT2D eigenvalue weighted by molar-refractivity contribution is 6.30. The number of ether oxygens (including phenoxy) is 1. The van der Waals surface area contributed by atoms with Crippen molar-refractivity contribution < 1.29 is 4.74 Å². The highest BCUT2D eigenvalue weighted by Gasteiger charge is 2.15. The Balaban J connectivity index is 2.38. The van der Waals surface area contributed by atoms with Crippen LogP contribution in [0.3, 0.4) is 0 Å². The summed E-state index contributed by atoms with van der Waals surface area (Å²) in [7, 11) is 1.68. The van der Waals surface area contributed by atoms with Gasteiger partial charge in [-0.2, -0.15) is 0 Å². The van der Waals surface area contributed by atoms with Crippen molar-refractivity contribution in [2.45, 2.75) is 19.9 Å². The van der Waals surface area contributed by atoms with Gasteiger partial charge in [0.05, 0.1) is 13.2 Å².